The number of rotatable bonds is 1. The zero-order chi connectivity index (χ0) is 11.5. The fourth-order valence-corrected chi connectivity index (χ4v) is 1.78. The van der Waals surface area contributed by atoms with Crippen LogP contribution in [0.3, 0.4) is 0 Å². The number of carbonyl (C=O) groups is 1. The average molecular weight is 219 g/mol. The predicted octanol–water partition coefficient (Wildman–Crippen LogP) is -0.344. The molecule has 0 aliphatic carbocycles. The summed E-state index contributed by atoms with van der Waals surface area (Å²) in [5.74, 6) is -0.126. The van der Waals surface area contributed by atoms with E-state index in [-0.39, 0.29) is 5.91 Å². The van der Waals surface area contributed by atoms with Crippen LogP contribution in [0.15, 0.2) is 6.20 Å². The molecule has 6 heteroatoms. The van der Waals surface area contributed by atoms with E-state index in [0.29, 0.717) is 18.7 Å². The zero-order valence-electron chi connectivity index (χ0n) is 9.03. The number of amides is 1. The molecular weight excluding hydrogens is 206 g/mol. The van der Waals surface area contributed by atoms with Crippen LogP contribution in [0.4, 0.5) is 0 Å². The van der Waals surface area contributed by atoms with Gasteiger partial charge in [-0.1, -0.05) is 0 Å². The van der Waals surface area contributed by atoms with Crippen LogP contribution in [0.2, 0.25) is 0 Å². The summed E-state index contributed by atoms with van der Waals surface area (Å²) in [6.07, 6.45) is 1.51. The Morgan fingerprint density at radius 1 is 1.75 bits per heavy atom. The lowest BCUT2D eigenvalue weighted by molar-refractivity contribution is 0.0686. The lowest BCUT2D eigenvalue weighted by Crippen LogP contribution is -2.53. The molecule has 1 fully saturated rings. The van der Waals surface area contributed by atoms with E-state index in [4.69, 9.17) is 5.26 Å². The Bertz CT molecular complexity index is 433. The van der Waals surface area contributed by atoms with Crippen LogP contribution < -0.4 is 5.32 Å². The monoisotopic (exact) mass is 219 g/mol. The highest BCUT2D eigenvalue weighted by Crippen LogP contribution is 2.11. The van der Waals surface area contributed by atoms with Crippen LogP contribution >= 0.6 is 0 Å². The van der Waals surface area contributed by atoms with Crippen molar-refractivity contribution in [1.29, 1.82) is 5.26 Å². The minimum atomic E-state index is -0.393. The summed E-state index contributed by atoms with van der Waals surface area (Å²) >= 11 is 0. The van der Waals surface area contributed by atoms with Crippen molar-refractivity contribution in [2.45, 2.75) is 13.0 Å². The molecule has 0 saturated carbocycles. The molecule has 0 spiro atoms. The third kappa shape index (κ3) is 1.77. The molecule has 1 saturated heterocycles. The van der Waals surface area contributed by atoms with E-state index in [2.05, 4.69) is 21.6 Å². The summed E-state index contributed by atoms with van der Waals surface area (Å²) in [7, 11) is 0. The molecule has 1 unspecified atom stereocenters. The third-order valence-electron chi connectivity index (χ3n) is 2.71. The lowest BCUT2D eigenvalue weighted by Gasteiger charge is -2.31. The SMILES string of the molecule is Cc1[nH]ncc1C(=O)N1CCNCC1C#N. The van der Waals surface area contributed by atoms with Crippen molar-refractivity contribution in [2.24, 2.45) is 0 Å². The number of carbonyl (C=O) groups excluding carboxylic acids is 1. The van der Waals surface area contributed by atoms with Crippen molar-refractivity contribution < 1.29 is 4.79 Å². The van der Waals surface area contributed by atoms with E-state index < -0.39 is 6.04 Å². The Morgan fingerprint density at radius 3 is 3.19 bits per heavy atom. The first-order valence-corrected chi connectivity index (χ1v) is 5.15. The molecular formula is C10H13N5O. The minimum absolute atomic E-state index is 0.126. The van der Waals surface area contributed by atoms with E-state index in [0.717, 1.165) is 12.2 Å². The van der Waals surface area contributed by atoms with Gasteiger partial charge in [0.1, 0.15) is 6.04 Å². The first-order valence-electron chi connectivity index (χ1n) is 5.15. The van der Waals surface area contributed by atoms with Crippen LogP contribution in [0.25, 0.3) is 0 Å². The van der Waals surface area contributed by atoms with Crippen molar-refractivity contribution in [3.63, 3.8) is 0 Å². The van der Waals surface area contributed by atoms with Crippen LogP contribution in [0, 0.1) is 18.3 Å². The summed E-state index contributed by atoms with van der Waals surface area (Å²) in [5.41, 5.74) is 1.28. The second kappa shape index (κ2) is 4.33. The van der Waals surface area contributed by atoms with Crippen LogP contribution in [-0.4, -0.2) is 46.7 Å². The van der Waals surface area contributed by atoms with Gasteiger partial charge >= 0.3 is 0 Å². The standard InChI is InChI=1S/C10H13N5O/c1-7-9(6-13-14-7)10(16)15-3-2-12-5-8(15)4-11/h6,8,12H,2-3,5H2,1H3,(H,13,14). The van der Waals surface area contributed by atoms with Gasteiger partial charge in [-0.25, -0.2) is 0 Å². The molecule has 2 N–H and O–H groups in total. The van der Waals surface area contributed by atoms with Gasteiger partial charge in [0, 0.05) is 25.3 Å². The molecule has 84 valence electrons. The quantitative estimate of drug-likeness (QED) is 0.676. The number of hydrogen-bond acceptors (Lipinski definition) is 4. The molecule has 1 aromatic heterocycles. The van der Waals surface area contributed by atoms with Gasteiger partial charge in [-0.2, -0.15) is 10.4 Å². The third-order valence-corrected chi connectivity index (χ3v) is 2.71. The van der Waals surface area contributed by atoms with Crippen molar-refractivity contribution in [1.82, 2.24) is 20.4 Å². The second-order valence-electron chi connectivity index (χ2n) is 3.76. The van der Waals surface area contributed by atoms with E-state index in [1.54, 1.807) is 11.8 Å². The maximum atomic E-state index is 12.1. The lowest BCUT2D eigenvalue weighted by atomic mass is 10.1. The zero-order valence-corrected chi connectivity index (χ0v) is 9.03. The summed E-state index contributed by atoms with van der Waals surface area (Å²) in [5, 5.41) is 18.6. The topological polar surface area (TPSA) is 84.8 Å². The molecule has 6 nitrogen and oxygen atoms in total. The Kier molecular flexibility index (Phi) is 2.88. The molecule has 1 aliphatic heterocycles. The fraction of sp³-hybridized carbons (Fsp3) is 0.500. The maximum Gasteiger partial charge on any atom is 0.258 e. The number of nitrogens with one attached hydrogen (secondary N) is 2. The van der Waals surface area contributed by atoms with Gasteiger partial charge in [0.2, 0.25) is 0 Å². The van der Waals surface area contributed by atoms with Crippen LogP contribution in [0.5, 0.6) is 0 Å². The van der Waals surface area contributed by atoms with Gasteiger partial charge in [-0.05, 0) is 6.92 Å². The molecule has 0 bridgehead atoms. The predicted molar refractivity (Wildman–Crippen MR) is 56.6 cm³/mol. The largest absolute Gasteiger partial charge is 0.320 e. The summed E-state index contributed by atoms with van der Waals surface area (Å²) in [4.78, 5) is 13.7. The van der Waals surface area contributed by atoms with Gasteiger partial charge in [0.05, 0.1) is 17.8 Å². The molecule has 16 heavy (non-hydrogen) atoms. The molecule has 0 aromatic carbocycles. The van der Waals surface area contributed by atoms with E-state index in [1.807, 2.05) is 0 Å². The van der Waals surface area contributed by atoms with Gasteiger partial charge in [-0.15, -0.1) is 0 Å². The molecule has 2 heterocycles. The number of nitriles is 1. The number of piperazine rings is 1. The normalized spacial score (nSPS) is 20.5. The molecule has 2 rings (SSSR count). The molecule has 1 amide bonds. The Morgan fingerprint density at radius 2 is 2.56 bits per heavy atom. The van der Waals surface area contributed by atoms with Crippen molar-refractivity contribution in [3.8, 4) is 6.07 Å². The van der Waals surface area contributed by atoms with Crippen molar-refractivity contribution in [3.05, 3.63) is 17.5 Å². The Hall–Kier alpha value is -1.87. The average Bonchev–Trinajstić information content (AvgIpc) is 2.74. The number of hydrogen-bond donors (Lipinski definition) is 2. The van der Waals surface area contributed by atoms with Crippen LogP contribution in [-0.2, 0) is 0 Å². The number of aromatic amines is 1. The highest BCUT2D eigenvalue weighted by atomic mass is 16.2. The van der Waals surface area contributed by atoms with E-state index in [1.165, 1.54) is 6.20 Å². The van der Waals surface area contributed by atoms with Gasteiger partial charge in [0.15, 0.2) is 0 Å². The Labute approximate surface area is 93.2 Å². The summed E-state index contributed by atoms with van der Waals surface area (Å²) in [6, 6.07) is 1.74. The molecule has 1 aromatic rings. The van der Waals surface area contributed by atoms with Crippen LogP contribution in [0.1, 0.15) is 16.1 Å². The highest BCUT2D eigenvalue weighted by Gasteiger charge is 2.28. The number of H-pyrrole nitrogens is 1. The Balaban J connectivity index is 2.21. The van der Waals surface area contributed by atoms with Gasteiger partial charge < -0.3 is 10.2 Å². The highest BCUT2D eigenvalue weighted by molar-refractivity contribution is 5.95. The maximum absolute atomic E-state index is 12.1. The smallest absolute Gasteiger partial charge is 0.258 e. The van der Waals surface area contributed by atoms with Gasteiger partial charge in [0.25, 0.3) is 5.91 Å². The summed E-state index contributed by atoms with van der Waals surface area (Å²) in [6.45, 7) is 3.60. The van der Waals surface area contributed by atoms with E-state index in [9.17, 15) is 4.79 Å². The second-order valence-corrected chi connectivity index (χ2v) is 3.76. The first kappa shape index (κ1) is 10.6. The minimum Gasteiger partial charge on any atom is -0.320 e. The number of aromatic nitrogens is 2. The summed E-state index contributed by atoms with van der Waals surface area (Å²) < 4.78 is 0. The van der Waals surface area contributed by atoms with Gasteiger partial charge in [-0.3, -0.25) is 9.89 Å². The molecule has 1 atom stereocenters. The molecule has 0 radical (unpaired) electrons. The van der Waals surface area contributed by atoms with Crippen molar-refractivity contribution in [2.75, 3.05) is 19.6 Å². The van der Waals surface area contributed by atoms with E-state index >= 15 is 0 Å². The fourth-order valence-electron chi connectivity index (χ4n) is 1.78. The number of nitrogens with zero attached hydrogens (tertiary/aromatic N) is 3. The first-order chi connectivity index (χ1) is 7.74. The number of aryl methyl sites for hydroxylation is 1. The van der Waals surface area contributed by atoms with Crippen molar-refractivity contribution >= 4 is 5.91 Å². The molecule has 1 aliphatic rings.